The Bertz CT molecular complexity index is 863. The molecular weight excluding hydrogens is 369 g/mol. The third kappa shape index (κ3) is 4.33. The summed E-state index contributed by atoms with van der Waals surface area (Å²) in [5.41, 5.74) is 3.33. The van der Waals surface area contributed by atoms with Crippen LogP contribution in [0.4, 0.5) is 5.82 Å². The summed E-state index contributed by atoms with van der Waals surface area (Å²) in [6.45, 7) is 2.04. The highest BCUT2D eigenvalue weighted by atomic mass is 35.5. The first kappa shape index (κ1) is 18.6. The number of hydrogen-bond donors (Lipinski definition) is 2. The van der Waals surface area contributed by atoms with Crippen molar-refractivity contribution in [3.63, 3.8) is 0 Å². The highest BCUT2D eigenvalue weighted by Crippen LogP contribution is 2.31. The molecule has 0 saturated heterocycles. The van der Waals surface area contributed by atoms with E-state index in [4.69, 9.17) is 28.2 Å². The summed E-state index contributed by atoms with van der Waals surface area (Å²) in [6.07, 6.45) is 2.47. The fourth-order valence-corrected chi connectivity index (χ4v) is 2.82. The Hall–Kier alpha value is -2.14. The number of anilines is 1. The number of nitrogens with zero attached hydrogens (tertiary/aromatic N) is 2. The largest absolute Gasteiger partial charge is 0.394 e. The minimum atomic E-state index is -0.0660. The van der Waals surface area contributed by atoms with E-state index in [0.29, 0.717) is 15.9 Å². The standard InChI is InChI=1S/C20H19Cl2N3O/c1-2-17(12-26)24-18-11-23-19(13-3-7-15(21)8-4-13)20(25-18)14-5-9-16(22)10-6-14/h3-11,17,26H,2,12H2,1H3,(H,24,25)/t17-/m1/s1. The van der Waals surface area contributed by atoms with Crippen molar-refractivity contribution in [2.45, 2.75) is 19.4 Å². The Kier molecular flexibility index (Phi) is 6.09. The molecule has 0 unspecified atom stereocenters. The SMILES string of the molecule is CC[C@H](CO)Nc1cnc(-c2ccc(Cl)cc2)c(-c2ccc(Cl)cc2)n1. The van der Waals surface area contributed by atoms with Crippen molar-refractivity contribution in [2.75, 3.05) is 11.9 Å². The van der Waals surface area contributed by atoms with Gasteiger partial charge in [-0.15, -0.1) is 0 Å². The maximum atomic E-state index is 9.42. The minimum absolute atomic E-state index is 0.0351. The Morgan fingerprint density at radius 3 is 1.96 bits per heavy atom. The van der Waals surface area contributed by atoms with Gasteiger partial charge in [0.15, 0.2) is 0 Å². The van der Waals surface area contributed by atoms with Crippen molar-refractivity contribution in [1.29, 1.82) is 0 Å². The van der Waals surface area contributed by atoms with E-state index in [1.165, 1.54) is 0 Å². The summed E-state index contributed by atoms with van der Waals surface area (Å²) >= 11 is 12.0. The van der Waals surface area contributed by atoms with Crippen LogP contribution in [0.15, 0.2) is 54.7 Å². The molecule has 0 aliphatic heterocycles. The molecule has 0 fully saturated rings. The van der Waals surface area contributed by atoms with Gasteiger partial charge in [0.1, 0.15) is 5.82 Å². The molecule has 0 aliphatic carbocycles. The van der Waals surface area contributed by atoms with E-state index in [1.54, 1.807) is 6.20 Å². The number of aromatic nitrogens is 2. The van der Waals surface area contributed by atoms with E-state index in [1.807, 2.05) is 55.5 Å². The second-order valence-electron chi connectivity index (χ2n) is 5.90. The Morgan fingerprint density at radius 2 is 1.46 bits per heavy atom. The van der Waals surface area contributed by atoms with Gasteiger partial charge in [-0.05, 0) is 30.7 Å². The van der Waals surface area contributed by atoms with Crippen molar-refractivity contribution in [3.05, 3.63) is 64.8 Å². The maximum absolute atomic E-state index is 9.42. The lowest BCUT2D eigenvalue weighted by atomic mass is 10.0. The van der Waals surface area contributed by atoms with Gasteiger partial charge in [-0.3, -0.25) is 4.98 Å². The monoisotopic (exact) mass is 387 g/mol. The second-order valence-corrected chi connectivity index (χ2v) is 6.77. The van der Waals surface area contributed by atoms with Gasteiger partial charge in [0.25, 0.3) is 0 Å². The zero-order valence-corrected chi connectivity index (χ0v) is 15.8. The van der Waals surface area contributed by atoms with Gasteiger partial charge in [-0.25, -0.2) is 4.98 Å². The summed E-state index contributed by atoms with van der Waals surface area (Å²) in [4.78, 5) is 9.36. The van der Waals surface area contributed by atoms with Crippen LogP contribution in [0.3, 0.4) is 0 Å². The Balaban J connectivity index is 2.08. The van der Waals surface area contributed by atoms with Crippen LogP contribution in [-0.2, 0) is 0 Å². The normalized spacial score (nSPS) is 12.0. The van der Waals surface area contributed by atoms with E-state index in [0.717, 1.165) is 28.9 Å². The average molecular weight is 388 g/mol. The first-order chi connectivity index (χ1) is 12.6. The van der Waals surface area contributed by atoms with Gasteiger partial charge >= 0.3 is 0 Å². The van der Waals surface area contributed by atoms with E-state index >= 15 is 0 Å². The number of hydrogen-bond acceptors (Lipinski definition) is 4. The molecule has 0 bridgehead atoms. The van der Waals surface area contributed by atoms with Crippen molar-refractivity contribution < 1.29 is 5.11 Å². The van der Waals surface area contributed by atoms with Gasteiger partial charge in [0, 0.05) is 21.2 Å². The van der Waals surface area contributed by atoms with Crippen LogP contribution < -0.4 is 5.32 Å². The highest BCUT2D eigenvalue weighted by Gasteiger charge is 2.14. The van der Waals surface area contributed by atoms with Crippen LogP contribution >= 0.6 is 23.2 Å². The van der Waals surface area contributed by atoms with Gasteiger partial charge in [0.05, 0.1) is 30.2 Å². The summed E-state index contributed by atoms with van der Waals surface area (Å²) in [5, 5.41) is 14.0. The van der Waals surface area contributed by atoms with Crippen molar-refractivity contribution >= 4 is 29.0 Å². The van der Waals surface area contributed by atoms with E-state index < -0.39 is 0 Å². The predicted octanol–water partition coefficient (Wildman–Crippen LogP) is 5.30. The molecular formula is C20H19Cl2N3O. The zero-order valence-electron chi connectivity index (χ0n) is 14.3. The zero-order chi connectivity index (χ0) is 18.5. The lowest BCUT2D eigenvalue weighted by Crippen LogP contribution is -2.23. The smallest absolute Gasteiger partial charge is 0.145 e. The lowest BCUT2D eigenvalue weighted by Gasteiger charge is -2.16. The molecule has 3 rings (SSSR count). The van der Waals surface area contributed by atoms with Crippen LogP contribution in [0.1, 0.15) is 13.3 Å². The van der Waals surface area contributed by atoms with E-state index in [-0.39, 0.29) is 12.6 Å². The molecule has 0 aliphatic rings. The number of halogens is 2. The Labute approximate surface area is 162 Å². The van der Waals surface area contributed by atoms with Crippen molar-refractivity contribution in [3.8, 4) is 22.5 Å². The average Bonchev–Trinajstić information content (AvgIpc) is 2.67. The van der Waals surface area contributed by atoms with Crippen molar-refractivity contribution in [1.82, 2.24) is 9.97 Å². The number of nitrogens with one attached hydrogen (secondary N) is 1. The van der Waals surface area contributed by atoms with E-state index in [2.05, 4.69) is 10.3 Å². The van der Waals surface area contributed by atoms with Crippen LogP contribution in [0.25, 0.3) is 22.5 Å². The predicted molar refractivity (Wildman–Crippen MR) is 108 cm³/mol. The van der Waals surface area contributed by atoms with Gasteiger partial charge in [-0.2, -0.15) is 0 Å². The molecule has 1 heterocycles. The van der Waals surface area contributed by atoms with Crippen LogP contribution in [0, 0.1) is 0 Å². The fourth-order valence-electron chi connectivity index (χ4n) is 2.57. The maximum Gasteiger partial charge on any atom is 0.145 e. The van der Waals surface area contributed by atoms with Gasteiger partial charge in [0.2, 0.25) is 0 Å². The molecule has 134 valence electrons. The Morgan fingerprint density at radius 1 is 0.923 bits per heavy atom. The molecule has 1 aromatic heterocycles. The molecule has 2 aromatic carbocycles. The van der Waals surface area contributed by atoms with Gasteiger partial charge < -0.3 is 10.4 Å². The number of aliphatic hydroxyl groups excluding tert-OH is 1. The van der Waals surface area contributed by atoms with Crippen molar-refractivity contribution in [2.24, 2.45) is 0 Å². The molecule has 6 heteroatoms. The van der Waals surface area contributed by atoms with Crippen LogP contribution in [0.2, 0.25) is 10.0 Å². The number of rotatable bonds is 6. The van der Waals surface area contributed by atoms with Crippen LogP contribution in [-0.4, -0.2) is 27.7 Å². The summed E-state index contributed by atoms with van der Waals surface area (Å²) < 4.78 is 0. The highest BCUT2D eigenvalue weighted by molar-refractivity contribution is 6.31. The fraction of sp³-hybridized carbons (Fsp3) is 0.200. The van der Waals surface area contributed by atoms with E-state index in [9.17, 15) is 5.11 Å². The lowest BCUT2D eigenvalue weighted by molar-refractivity contribution is 0.271. The molecule has 1 atom stereocenters. The number of benzene rings is 2. The molecule has 0 radical (unpaired) electrons. The molecule has 0 spiro atoms. The third-order valence-electron chi connectivity index (χ3n) is 4.07. The first-order valence-electron chi connectivity index (χ1n) is 8.37. The number of aliphatic hydroxyl groups is 1. The molecule has 26 heavy (non-hydrogen) atoms. The van der Waals surface area contributed by atoms with Crippen LogP contribution in [0.5, 0.6) is 0 Å². The summed E-state index contributed by atoms with van der Waals surface area (Å²) in [6, 6.07) is 14.9. The second kappa shape index (κ2) is 8.49. The quantitative estimate of drug-likeness (QED) is 0.602. The minimum Gasteiger partial charge on any atom is -0.394 e. The third-order valence-corrected chi connectivity index (χ3v) is 4.58. The molecule has 2 N–H and O–H groups in total. The molecule has 0 amide bonds. The topological polar surface area (TPSA) is 58.0 Å². The molecule has 4 nitrogen and oxygen atoms in total. The molecule has 3 aromatic rings. The van der Waals surface area contributed by atoms with Gasteiger partial charge in [-0.1, -0.05) is 54.4 Å². The summed E-state index contributed by atoms with van der Waals surface area (Å²) in [7, 11) is 0. The summed E-state index contributed by atoms with van der Waals surface area (Å²) in [5.74, 6) is 0.619. The first-order valence-corrected chi connectivity index (χ1v) is 9.12. The molecule has 0 saturated carbocycles.